The minimum Gasteiger partial charge on any atom is -0.427 e. The van der Waals surface area contributed by atoms with Crippen molar-refractivity contribution in [3.05, 3.63) is 0 Å². The average Bonchev–Trinajstić information content (AvgIpc) is 1.61. The molecule has 2 unspecified atom stereocenters. The first kappa shape index (κ1) is 6.07. The second-order valence-corrected chi connectivity index (χ2v) is 2.32. The van der Waals surface area contributed by atoms with Crippen LogP contribution < -0.4 is 5.73 Å². The minimum atomic E-state index is -1.20. The molecule has 2 atom stereocenters. The van der Waals surface area contributed by atoms with Gasteiger partial charge in [0, 0.05) is 11.9 Å². The largest absolute Gasteiger partial charge is 0.456 e. The summed E-state index contributed by atoms with van der Waals surface area (Å²) in [6.07, 6.45) is 1.79. The fourth-order valence-corrected chi connectivity index (χ4v) is 0.922. The second-order valence-electron chi connectivity index (χ2n) is 2.32. The number of nitrogens with two attached hydrogens (primary N) is 1. The first-order chi connectivity index (χ1) is 3.72. The van der Waals surface area contributed by atoms with Crippen LogP contribution >= 0.6 is 0 Å². The zero-order valence-corrected chi connectivity index (χ0v) is 4.62. The van der Waals surface area contributed by atoms with Crippen molar-refractivity contribution in [3.63, 3.8) is 0 Å². The maximum atomic E-state index is 8.52. The quantitative estimate of drug-likeness (QED) is 0.382. The molecule has 46 valence electrons. The Morgan fingerprint density at radius 1 is 1.38 bits per heavy atom. The molecule has 0 bridgehead atoms. The maximum Gasteiger partial charge on any atom is 0.456 e. The van der Waals surface area contributed by atoms with Gasteiger partial charge in [-0.05, 0) is 12.8 Å². The SMILES string of the molecule is NC1CCC1B(O)O. The van der Waals surface area contributed by atoms with Crippen LogP contribution in [0.3, 0.4) is 0 Å². The Kier molecular flexibility index (Phi) is 1.55. The molecular weight excluding hydrogens is 105 g/mol. The minimum absolute atomic E-state index is 0.0231. The average molecular weight is 115 g/mol. The van der Waals surface area contributed by atoms with E-state index in [0.29, 0.717) is 0 Å². The molecule has 1 aliphatic rings. The summed E-state index contributed by atoms with van der Waals surface area (Å²) < 4.78 is 0. The summed E-state index contributed by atoms with van der Waals surface area (Å²) in [5.74, 6) is -0.0602. The van der Waals surface area contributed by atoms with E-state index in [1.54, 1.807) is 0 Å². The van der Waals surface area contributed by atoms with Gasteiger partial charge in [-0.2, -0.15) is 0 Å². The molecule has 0 aromatic carbocycles. The Hall–Kier alpha value is -0.0551. The molecule has 0 radical (unpaired) electrons. The van der Waals surface area contributed by atoms with Crippen molar-refractivity contribution >= 4 is 7.12 Å². The van der Waals surface area contributed by atoms with Crippen LogP contribution in [0, 0.1) is 0 Å². The van der Waals surface area contributed by atoms with Crippen LogP contribution in [0.5, 0.6) is 0 Å². The molecule has 0 aromatic heterocycles. The molecule has 4 N–H and O–H groups in total. The van der Waals surface area contributed by atoms with Gasteiger partial charge in [0.05, 0.1) is 0 Å². The van der Waals surface area contributed by atoms with E-state index in [4.69, 9.17) is 15.8 Å². The van der Waals surface area contributed by atoms with E-state index in [9.17, 15) is 0 Å². The van der Waals surface area contributed by atoms with Gasteiger partial charge in [0.2, 0.25) is 0 Å². The third-order valence-electron chi connectivity index (χ3n) is 1.77. The number of hydrogen-bond acceptors (Lipinski definition) is 3. The summed E-state index contributed by atoms with van der Waals surface area (Å²) in [6, 6.07) is 0.0231. The fourth-order valence-electron chi connectivity index (χ4n) is 0.922. The lowest BCUT2D eigenvalue weighted by Crippen LogP contribution is -2.43. The highest BCUT2D eigenvalue weighted by atomic mass is 16.4. The van der Waals surface area contributed by atoms with Gasteiger partial charge >= 0.3 is 7.12 Å². The third kappa shape index (κ3) is 0.867. The molecule has 4 heteroatoms. The first-order valence-electron chi connectivity index (χ1n) is 2.83. The van der Waals surface area contributed by atoms with Crippen LogP contribution in [0.4, 0.5) is 0 Å². The summed E-state index contributed by atoms with van der Waals surface area (Å²) in [5.41, 5.74) is 5.40. The van der Waals surface area contributed by atoms with E-state index in [-0.39, 0.29) is 11.9 Å². The Balaban J connectivity index is 2.26. The molecular formula is C4H10BNO2. The van der Waals surface area contributed by atoms with Crippen LogP contribution in [-0.2, 0) is 0 Å². The van der Waals surface area contributed by atoms with Gasteiger partial charge in [-0.3, -0.25) is 0 Å². The van der Waals surface area contributed by atoms with Crippen molar-refractivity contribution in [1.29, 1.82) is 0 Å². The molecule has 0 spiro atoms. The lowest BCUT2D eigenvalue weighted by molar-refractivity contribution is 0.307. The van der Waals surface area contributed by atoms with Crippen molar-refractivity contribution in [2.45, 2.75) is 24.7 Å². The van der Waals surface area contributed by atoms with Crippen molar-refractivity contribution in [3.8, 4) is 0 Å². The standard InChI is InChI=1S/C4H10BNO2/c6-4-2-1-3(4)5(7)8/h3-4,7-8H,1-2,6H2. The summed E-state index contributed by atoms with van der Waals surface area (Å²) in [5, 5.41) is 17.0. The summed E-state index contributed by atoms with van der Waals surface area (Å²) in [6.45, 7) is 0. The van der Waals surface area contributed by atoms with Crippen LogP contribution in [0.1, 0.15) is 12.8 Å². The van der Waals surface area contributed by atoms with E-state index >= 15 is 0 Å². The summed E-state index contributed by atoms with van der Waals surface area (Å²) in [4.78, 5) is 0. The highest BCUT2D eigenvalue weighted by Gasteiger charge is 2.36. The van der Waals surface area contributed by atoms with E-state index in [0.717, 1.165) is 12.8 Å². The topological polar surface area (TPSA) is 66.5 Å². The van der Waals surface area contributed by atoms with E-state index in [1.165, 1.54) is 0 Å². The van der Waals surface area contributed by atoms with Gasteiger partial charge in [-0.1, -0.05) is 0 Å². The maximum absolute atomic E-state index is 8.52. The Bertz CT molecular complexity index is 83.4. The second kappa shape index (κ2) is 2.05. The van der Waals surface area contributed by atoms with E-state index < -0.39 is 7.12 Å². The van der Waals surface area contributed by atoms with Crippen LogP contribution in [0.2, 0.25) is 5.82 Å². The number of rotatable bonds is 1. The Morgan fingerprint density at radius 2 is 2.00 bits per heavy atom. The molecule has 1 aliphatic carbocycles. The highest BCUT2D eigenvalue weighted by Crippen LogP contribution is 2.31. The van der Waals surface area contributed by atoms with Crippen molar-refractivity contribution < 1.29 is 10.0 Å². The lowest BCUT2D eigenvalue weighted by atomic mass is 9.58. The molecule has 0 aromatic rings. The predicted molar refractivity (Wildman–Crippen MR) is 31.2 cm³/mol. The molecule has 8 heavy (non-hydrogen) atoms. The smallest absolute Gasteiger partial charge is 0.427 e. The van der Waals surface area contributed by atoms with Gasteiger partial charge in [0.25, 0.3) is 0 Å². The molecule has 1 fully saturated rings. The molecule has 3 nitrogen and oxygen atoms in total. The van der Waals surface area contributed by atoms with Crippen LogP contribution in [-0.4, -0.2) is 23.2 Å². The van der Waals surface area contributed by atoms with Crippen LogP contribution in [0.25, 0.3) is 0 Å². The molecule has 0 amide bonds. The van der Waals surface area contributed by atoms with Gasteiger partial charge in [-0.15, -0.1) is 0 Å². The Labute approximate surface area is 48.6 Å². The zero-order chi connectivity index (χ0) is 6.15. The van der Waals surface area contributed by atoms with Gasteiger partial charge in [0.15, 0.2) is 0 Å². The van der Waals surface area contributed by atoms with Gasteiger partial charge in [-0.25, -0.2) is 0 Å². The molecule has 1 rings (SSSR count). The highest BCUT2D eigenvalue weighted by molar-refractivity contribution is 6.43. The molecule has 0 heterocycles. The van der Waals surface area contributed by atoms with E-state index in [1.807, 2.05) is 0 Å². The third-order valence-corrected chi connectivity index (χ3v) is 1.77. The fraction of sp³-hybridized carbons (Fsp3) is 1.00. The van der Waals surface area contributed by atoms with Crippen molar-refractivity contribution in [2.75, 3.05) is 0 Å². The normalized spacial score (nSPS) is 36.4. The Morgan fingerprint density at radius 3 is 2.00 bits per heavy atom. The van der Waals surface area contributed by atoms with Crippen molar-refractivity contribution in [2.24, 2.45) is 5.73 Å². The molecule has 1 saturated carbocycles. The first-order valence-corrected chi connectivity index (χ1v) is 2.83. The van der Waals surface area contributed by atoms with E-state index in [2.05, 4.69) is 0 Å². The predicted octanol–water partition coefficient (Wildman–Crippen LogP) is -1.05. The van der Waals surface area contributed by atoms with Crippen molar-refractivity contribution in [1.82, 2.24) is 0 Å². The number of hydrogen-bond donors (Lipinski definition) is 3. The summed E-state index contributed by atoms with van der Waals surface area (Å²) >= 11 is 0. The zero-order valence-electron chi connectivity index (χ0n) is 4.62. The molecule has 0 saturated heterocycles. The summed E-state index contributed by atoms with van der Waals surface area (Å²) in [7, 11) is -1.20. The lowest BCUT2D eigenvalue weighted by Gasteiger charge is -2.32. The van der Waals surface area contributed by atoms with Gasteiger partial charge in [0.1, 0.15) is 0 Å². The molecule has 0 aliphatic heterocycles. The van der Waals surface area contributed by atoms with Gasteiger partial charge < -0.3 is 15.8 Å². The monoisotopic (exact) mass is 115 g/mol. The van der Waals surface area contributed by atoms with Crippen LogP contribution in [0.15, 0.2) is 0 Å².